The van der Waals surface area contributed by atoms with E-state index < -0.39 is 5.60 Å². The van der Waals surface area contributed by atoms with Crippen LogP contribution >= 0.6 is 0 Å². The SMILES string of the molecule is CN(Cc1ccc(-c2cn[nH]c2)cc1)C(=O)[C@H]1CCCN(c2cccc(OC(C)(C)C(=O)N3CCNCC3)c2)C1. The molecule has 2 saturated heterocycles. The maximum atomic E-state index is 13.4. The number of piperidine rings is 1. The predicted molar refractivity (Wildman–Crippen MR) is 156 cm³/mol. The summed E-state index contributed by atoms with van der Waals surface area (Å²) in [5, 5.41) is 10.1. The summed E-state index contributed by atoms with van der Waals surface area (Å²) >= 11 is 0. The first kappa shape index (κ1) is 27.7. The molecule has 2 aliphatic rings. The van der Waals surface area contributed by atoms with Crippen LogP contribution in [0.3, 0.4) is 0 Å². The molecule has 0 saturated carbocycles. The molecule has 3 heterocycles. The Bertz CT molecular complexity index is 1280. The number of carbonyl (C=O) groups is 2. The number of rotatable bonds is 8. The van der Waals surface area contributed by atoms with Gasteiger partial charge in [-0.15, -0.1) is 0 Å². The van der Waals surface area contributed by atoms with Crippen molar-refractivity contribution in [3.8, 4) is 16.9 Å². The lowest BCUT2D eigenvalue weighted by Crippen LogP contribution is -2.54. The summed E-state index contributed by atoms with van der Waals surface area (Å²) in [6.45, 7) is 8.78. The van der Waals surface area contributed by atoms with Gasteiger partial charge in [0, 0.05) is 76.4 Å². The maximum absolute atomic E-state index is 13.4. The smallest absolute Gasteiger partial charge is 0.266 e. The summed E-state index contributed by atoms with van der Waals surface area (Å²) in [6.07, 6.45) is 5.49. The number of nitrogens with one attached hydrogen (secondary N) is 2. The standard InChI is InChI=1S/C31H40N6O3/c1-31(2,30(39)36-16-13-32-14-17-36)40-28-8-4-7-27(18-28)37-15-5-6-25(22-37)29(38)35(3)21-23-9-11-24(12-10-23)26-19-33-34-20-26/h4,7-12,18-20,25,32H,5-6,13-17,21-22H2,1-3H3,(H,33,34)/t25-/m0/s1. The Hall–Kier alpha value is -3.85. The van der Waals surface area contributed by atoms with Crippen molar-refractivity contribution in [1.29, 1.82) is 0 Å². The van der Waals surface area contributed by atoms with Crippen LogP contribution in [-0.2, 0) is 16.1 Å². The number of anilines is 1. The number of hydrogen-bond acceptors (Lipinski definition) is 6. The molecule has 0 radical (unpaired) electrons. The minimum absolute atomic E-state index is 0.00203. The molecule has 2 N–H and O–H groups in total. The largest absolute Gasteiger partial charge is 0.478 e. The molecule has 0 aliphatic carbocycles. The van der Waals surface area contributed by atoms with Gasteiger partial charge in [0.1, 0.15) is 5.75 Å². The second-order valence-corrected chi connectivity index (χ2v) is 11.3. The number of piperazine rings is 1. The fraction of sp³-hybridized carbons (Fsp3) is 0.452. The molecule has 5 rings (SSSR count). The molecule has 0 spiro atoms. The van der Waals surface area contributed by atoms with Crippen LogP contribution in [0.1, 0.15) is 32.3 Å². The van der Waals surface area contributed by atoms with E-state index in [-0.39, 0.29) is 17.7 Å². The van der Waals surface area contributed by atoms with E-state index >= 15 is 0 Å². The minimum Gasteiger partial charge on any atom is -0.478 e. The van der Waals surface area contributed by atoms with Crippen molar-refractivity contribution < 1.29 is 14.3 Å². The zero-order chi connectivity index (χ0) is 28.1. The van der Waals surface area contributed by atoms with Crippen LogP contribution in [0.25, 0.3) is 11.1 Å². The molecule has 212 valence electrons. The lowest BCUT2D eigenvalue weighted by Gasteiger charge is -2.36. The Morgan fingerprint density at radius 2 is 1.85 bits per heavy atom. The zero-order valence-corrected chi connectivity index (χ0v) is 23.7. The van der Waals surface area contributed by atoms with Crippen LogP contribution in [0.15, 0.2) is 60.9 Å². The lowest BCUT2D eigenvalue weighted by atomic mass is 9.95. The molecule has 40 heavy (non-hydrogen) atoms. The van der Waals surface area contributed by atoms with Gasteiger partial charge in [-0.1, -0.05) is 30.3 Å². The van der Waals surface area contributed by atoms with E-state index in [1.165, 1.54) is 0 Å². The highest BCUT2D eigenvalue weighted by Crippen LogP contribution is 2.29. The van der Waals surface area contributed by atoms with E-state index in [9.17, 15) is 9.59 Å². The van der Waals surface area contributed by atoms with Crippen molar-refractivity contribution in [3.05, 3.63) is 66.5 Å². The fourth-order valence-corrected chi connectivity index (χ4v) is 5.62. The van der Waals surface area contributed by atoms with Crippen molar-refractivity contribution >= 4 is 17.5 Å². The number of carbonyl (C=O) groups excluding carboxylic acids is 2. The number of amides is 2. The van der Waals surface area contributed by atoms with E-state index in [0.717, 1.165) is 54.9 Å². The summed E-state index contributed by atoms with van der Waals surface area (Å²) in [6, 6.07) is 16.2. The van der Waals surface area contributed by atoms with E-state index in [1.807, 2.05) is 55.1 Å². The minimum atomic E-state index is -0.962. The van der Waals surface area contributed by atoms with Gasteiger partial charge >= 0.3 is 0 Å². The molecule has 9 heteroatoms. The molecular formula is C31H40N6O3. The molecule has 1 atom stereocenters. The molecular weight excluding hydrogens is 504 g/mol. The lowest BCUT2D eigenvalue weighted by molar-refractivity contribution is -0.146. The van der Waals surface area contributed by atoms with Crippen molar-refractivity contribution in [3.63, 3.8) is 0 Å². The molecule has 3 aromatic rings. The number of aromatic nitrogens is 2. The summed E-state index contributed by atoms with van der Waals surface area (Å²) in [5.74, 6) is 0.760. The number of ether oxygens (including phenoxy) is 1. The van der Waals surface area contributed by atoms with Crippen molar-refractivity contribution in [1.82, 2.24) is 25.3 Å². The number of aromatic amines is 1. The van der Waals surface area contributed by atoms with Gasteiger partial charge in [-0.25, -0.2) is 0 Å². The van der Waals surface area contributed by atoms with Crippen LogP contribution in [0.2, 0.25) is 0 Å². The third-order valence-corrected chi connectivity index (χ3v) is 7.83. The van der Waals surface area contributed by atoms with Crippen molar-refractivity contribution in [2.75, 3.05) is 51.2 Å². The van der Waals surface area contributed by atoms with Crippen LogP contribution in [0.5, 0.6) is 5.75 Å². The zero-order valence-electron chi connectivity index (χ0n) is 23.7. The third-order valence-electron chi connectivity index (χ3n) is 7.83. The summed E-state index contributed by atoms with van der Waals surface area (Å²) in [5.41, 5.74) is 3.28. The summed E-state index contributed by atoms with van der Waals surface area (Å²) in [7, 11) is 1.89. The Morgan fingerprint density at radius 3 is 2.58 bits per heavy atom. The number of H-pyrrole nitrogens is 1. The second kappa shape index (κ2) is 12.1. The van der Waals surface area contributed by atoms with Crippen LogP contribution < -0.4 is 15.0 Å². The van der Waals surface area contributed by atoms with Gasteiger partial charge in [0.25, 0.3) is 5.91 Å². The highest BCUT2D eigenvalue weighted by Gasteiger charge is 2.35. The fourth-order valence-electron chi connectivity index (χ4n) is 5.62. The van der Waals surface area contributed by atoms with Crippen molar-refractivity contribution in [2.24, 2.45) is 5.92 Å². The Balaban J connectivity index is 1.19. The van der Waals surface area contributed by atoms with Gasteiger partial charge in [-0.2, -0.15) is 5.10 Å². The van der Waals surface area contributed by atoms with E-state index in [2.05, 4.69) is 50.7 Å². The van der Waals surface area contributed by atoms with E-state index in [4.69, 9.17) is 4.74 Å². The highest BCUT2D eigenvalue weighted by atomic mass is 16.5. The van der Waals surface area contributed by atoms with Gasteiger partial charge in [-0.05, 0) is 49.9 Å². The summed E-state index contributed by atoms with van der Waals surface area (Å²) in [4.78, 5) is 32.5. The first-order valence-corrected chi connectivity index (χ1v) is 14.2. The van der Waals surface area contributed by atoms with Crippen LogP contribution in [-0.4, -0.2) is 83.7 Å². The normalized spacial score (nSPS) is 17.9. The van der Waals surface area contributed by atoms with Crippen LogP contribution in [0, 0.1) is 5.92 Å². The average molecular weight is 545 g/mol. The van der Waals surface area contributed by atoms with Crippen molar-refractivity contribution in [2.45, 2.75) is 38.8 Å². The van der Waals surface area contributed by atoms with Gasteiger partial charge in [-0.3, -0.25) is 14.7 Å². The number of nitrogens with zero attached hydrogens (tertiary/aromatic N) is 4. The predicted octanol–water partition coefficient (Wildman–Crippen LogP) is 3.54. The average Bonchev–Trinajstić information content (AvgIpc) is 3.52. The Morgan fingerprint density at radius 1 is 1.07 bits per heavy atom. The number of benzene rings is 2. The molecule has 0 unspecified atom stereocenters. The monoisotopic (exact) mass is 544 g/mol. The highest BCUT2D eigenvalue weighted by molar-refractivity contribution is 5.85. The molecule has 2 amide bonds. The molecule has 9 nitrogen and oxygen atoms in total. The van der Waals surface area contributed by atoms with Gasteiger partial charge < -0.3 is 24.8 Å². The first-order chi connectivity index (χ1) is 19.3. The maximum Gasteiger partial charge on any atom is 0.266 e. The van der Waals surface area contributed by atoms with Gasteiger partial charge in [0.15, 0.2) is 5.60 Å². The Labute approximate surface area is 236 Å². The Kier molecular flexibility index (Phi) is 8.40. The second-order valence-electron chi connectivity index (χ2n) is 11.3. The first-order valence-electron chi connectivity index (χ1n) is 14.2. The van der Waals surface area contributed by atoms with E-state index in [0.29, 0.717) is 31.9 Å². The molecule has 0 bridgehead atoms. The molecule has 2 aromatic carbocycles. The third kappa shape index (κ3) is 6.47. The van der Waals surface area contributed by atoms with E-state index in [1.54, 1.807) is 6.20 Å². The molecule has 2 fully saturated rings. The topological polar surface area (TPSA) is 93.8 Å². The van der Waals surface area contributed by atoms with Gasteiger partial charge in [0.2, 0.25) is 5.91 Å². The molecule has 1 aromatic heterocycles. The molecule has 2 aliphatic heterocycles. The quantitative estimate of drug-likeness (QED) is 0.451. The number of hydrogen-bond donors (Lipinski definition) is 2. The summed E-state index contributed by atoms with van der Waals surface area (Å²) < 4.78 is 6.24. The van der Waals surface area contributed by atoms with Gasteiger partial charge in [0.05, 0.1) is 12.1 Å². The van der Waals surface area contributed by atoms with Crippen LogP contribution in [0.4, 0.5) is 5.69 Å².